The van der Waals surface area contributed by atoms with Crippen molar-refractivity contribution in [3.05, 3.63) is 67.6 Å². The number of urea groups is 1. The van der Waals surface area contributed by atoms with Gasteiger partial charge in [-0.3, -0.25) is 0 Å². The van der Waals surface area contributed by atoms with Crippen LogP contribution in [0.5, 0.6) is 0 Å². The Labute approximate surface area is 164 Å². The number of benzene rings is 2. The quantitative estimate of drug-likeness (QED) is 0.659. The van der Waals surface area contributed by atoms with Gasteiger partial charge in [-0.05, 0) is 43.2 Å². The Morgan fingerprint density at radius 1 is 1.24 bits per heavy atom. The van der Waals surface area contributed by atoms with Gasteiger partial charge in [-0.2, -0.15) is 5.10 Å². The second-order valence-corrected chi connectivity index (χ2v) is 7.55. The number of carbonyl (C=O) groups is 1. The van der Waals surface area contributed by atoms with E-state index in [1.54, 1.807) is 19.2 Å². The molecule has 1 N–H and O–H groups in total. The molecule has 0 saturated heterocycles. The van der Waals surface area contributed by atoms with Crippen LogP contribution < -0.4 is 5.32 Å². The SMILES string of the molecule is CNC(=O)N1N=C(c2ccc(Cl)cc2)c2cc(Cl)cc(Br)c2CC1C. The number of hydrazone groups is 1. The Bertz CT molecular complexity index is 852. The zero-order chi connectivity index (χ0) is 18.1. The molecule has 1 atom stereocenters. The minimum absolute atomic E-state index is 0.110. The number of amides is 2. The van der Waals surface area contributed by atoms with Gasteiger partial charge in [0, 0.05) is 32.7 Å². The maximum Gasteiger partial charge on any atom is 0.337 e. The topological polar surface area (TPSA) is 44.7 Å². The van der Waals surface area contributed by atoms with Crippen LogP contribution in [0.4, 0.5) is 4.79 Å². The fourth-order valence-electron chi connectivity index (χ4n) is 2.85. The largest absolute Gasteiger partial charge is 0.340 e. The fraction of sp³-hybridized carbons (Fsp3) is 0.222. The third-order valence-electron chi connectivity index (χ3n) is 4.08. The number of hydrogen-bond acceptors (Lipinski definition) is 2. The van der Waals surface area contributed by atoms with E-state index in [-0.39, 0.29) is 12.1 Å². The van der Waals surface area contributed by atoms with E-state index in [4.69, 9.17) is 23.2 Å². The summed E-state index contributed by atoms with van der Waals surface area (Å²) in [4.78, 5) is 12.3. The van der Waals surface area contributed by atoms with Gasteiger partial charge in [0.05, 0.1) is 11.8 Å². The third kappa shape index (κ3) is 3.68. The summed E-state index contributed by atoms with van der Waals surface area (Å²) in [5.74, 6) is 0. The average molecular weight is 441 g/mol. The van der Waals surface area contributed by atoms with Crippen molar-refractivity contribution in [3.8, 4) is 0 Å². The molecule has 25 heavy (non-hydrogen) atoms. The predicted octanol–water partition coefficient (Wildman–Crippen LogP) is 5.09. The van der Waals surface area contributed by atoms with Gasteiger partial charge in [0.1, 0.15) is 0 Å². The van der Waals surface area contributed by atoms with Crippen molar-refractivity contribution in [3.63, 3.8) is 0 Å². The molecular weight excluding hydrogens is 425 g/mol. The van der Waals surface area contributed by atoms with Gasteiger partial charge in [0.2, 0.25) is 0 Å². The molecule has 1 unspecified atom stereocenters. The van der Waals surface area contributed by atoms with Gasteiger partial charge in [0.25, 0.3) is 0 Å². The second-order valence-electron chi connectivity index (χ2n) is 5.82. The molecule has 3 rings (SSSR count). The molecule has 0 aromatic heterocycles. The lowest BCUT2D eigenvalue weighted by Gasteiger charge is -2.22. The van der Waals surface area contributed by atoms with Gasteiger partial charge in [-0.1, -0.05) is 51.3 Å². The van der Waals surface area contributed by atoms with Crippen molar-refractivity contribution in [2.24, 2.45) is 5.10 Å². The Hall–Kier alpha value is -1.56. The molecule has 1 aliphatic heterocycles. The van der Waals surface area contributed by atoms with E-state index in [1.807, 2.05) is 31.2 Å². The first kappa shape index (κ1) is 18.2. The fourth-order valence-corrected chi connectivity index (χ4v) is 3.94. The van der Waals surface area contributed by atoms with Crippen molar-refractivity contribution in [1.29, 1.82) is 0 Å². The highest BCUT2D eigenvalue weighted by Crippen LogP contribution is 2.32. The molecule has 0 bridgehead atoms. The Morgan fingerprint density at radius 3 is 2.56 bits per heavy atom. The average Bonchev–Trinajstić information content (AvgIpc) is 2.72. The molecule has 2 amide bonds. The first-order valence-electron chi connectivity index (χ1n) is 7.74. The normalized spacial score (nSPS) is 16.8. The van der Waals surface area contributed by atoms with Crippen LogP contribution in [0.3, 0.4) is 0 Å². The Balaban J connectivity index is 2.25. The van der Waals surface area contributed by atoms with Gasteiger partial charge in [-0.25, -0.2) is 9.80 Å². The van der Waals surface area contributed by atoms with Crippen LogP contribution in [0, 0.1) is 0 Å². The number of fused-ring (bicyclic) bond motifs is 1. The minimum Gasteiger partial charge on any atom is -0.340 e. The zero-order valence-corrected chi connectivity index (χ0v) is 16.8. The molecule has 4 nitrogen and oxygen atoms in total. The van der Waals surface area contributed by atoms with Crippen LogP contribution >= 0.6 is 39.1 Å². The van der Waals surface area contributed by atoms with E-state index in [2.05, 4.69) is 26.3 Å². The summed E-state index contributed by atoms with van der Waals surface area (Å²) in [6, 6.07) is 10.8. The van der Waals surface area contributed by atoms with Crippen molar-refractivity contribution < 1.29 is 4.79 Å². The lowest BCUT2D eigenvalue weighted by molar-refractivity contribution is 0.184. The highest BCUT2D eigenvalue weighted by molar-refractivity contribution is 9.10. The number of nitrogens with one attached hydrogen (secondary N) is 1. The minimum atomic E-state index is -0.256. The van der Waals surface area contributed by atoms with Crippen molar-refractivity contribution in [2.75, 3.05) is 7.05 Å². The number of rotatable bonds is 1. The predicted molar refractivity (Wildman–Crippen MR) is 106 cm³/mol. The van der Waals surface area contributed by atoms with E-state index in [9.17, 15) is 4.79 Å². The first-order chi connectivity index (χ1) is 11.9. The smallest absolute Gasteiger partial charge is 0.337 e. The first-order valence-corrected chi connectivity index (χ1v) is 9.29. The number of halogens is 3. The molecule has 1 heterocycles. The zero-order valence-electron chi connectivity index (χ0n) is 13.7. The highest BCUT2D eigenvalue weighted by atomic mass is 79.9. The summed E-state index contributed by atoms with van der Waals surface area (Å²) >= 11 is 15.9. The number of nitrogens with zero attached hydrogens (tertiary/aromatic N) is 2. The van der Waals surface area contributed by atoms with E-state index in [0.717, 1.165) is 21.2 Å². The third-order valence-corrected chi connectivity index (χ3v) is 5.26. The van der Waals surface area contributed by atoms with Gasteiger partial charge in [0.15, 0.2) is 0 Å². The van der Waals surface area contributed by atoms with Crippen molar-refractivity contribution >= 4 is 50.9 Å². The highest BCUT2D eigenvalue weighted by Gasteiger charge is 2.28. The second kappa shape index (κ2) is 7.36. The molecule has 2 aromatic carbocycles. The van der Waals surface area contributed by atoms with Gasteiger partial charge >= 0.3 is 6.03 Å². The molecule has 0 spiro atoms. The van der Waals surface area contributed by atoms with Crippen LogP contribution in [-0.4, -0.2) is 29.8 Å². The molecule has 0 fully saturated rings. The molecular formula is C18H16BrCl2N3O. The summed E-state index contributed by atoms with van der Waals surface area (Å²) < 4.78 is 0.905. The lowest BCUT2D eigenvalue weighted by atomic mass is 9.95. The standard InChI is InChI=1S/C18H16BrCl2N3O/c1-10-7-14-15(8-13(21)9-16(14)19)17(23-24(10)18(25)22-2)11-3-5-12(20)6-4-11/h3-6,8-10H,7H2,1-2H3,(H,22,25). The number of hydrogen-bond donors (Lipinski definition) is 1. The molecule has 2 aromatic rings. The molecule has 0 saturated carbocycles. The summed E-state index contributed by atoms with van der Waals surface area (Å²) in [5.41, 5.74) is 3.52. The van der Waals surface area contributed by atoms with E-state index >= 15 is 0 Å². The maximum absolute atomic E-state index is 12.3. The summed E-state index contributed by atoms with van der Waals surface area (Å²) in [6.45, 7) is 1.97. The Morgan fingerprint density at radius 2 is 1.92 bits per heavy atom. The molecule has 1 aliphatic rings. The van der Waals surface area contributed by atoms with E-state index < -0.39 is 0 Å². The van der Waals surface area contributed by atoms with Crippen LogP contribution in [-0.2, 0) is 6.42 Å². The van der Waals surface area contributed by atoms with E-state index in [1.165, 1.54) is 5.01 Å². The van der Waals surface area contributed by atoms with Gasteiger partial charge < -0.3 is 5.32 Å². The summed E-state index contributed by atoms with van der Waals surface area (Å²) in [7, 11) is 1.59. The van der Waals surface area contributed by atoms with Crippen molar-refractivity contribution in [2.45, 2.75) is 19.4 Å². The van der Waals surface area contributed by atoms with Crippen LogP contribution in [0.2, 0.25) is 10.0 Å². The maximum atomic E-state index is 12.3. The van der Waals surface area contributed by atoms with Crippen LogP contribution in [0.1, 0.15) is 23.6 Å². The van der Waals surface area contributed by atoms with Crippen LogP contribution in [0.15, 0.2) is 46.0 Å². The van der Waals surface area contributed by atoms with Crippen molar-refractivity contribution in [1.82, 2.24) is 10.3 Å². The van der Waals surface area contributed by atoms with E-state index in [0.29, 0.717) is 22.2 Å². The lowest BCUT2D eigenvalue weighted by Crippen LogP contribution is -2.41. The Kier molecular flexibility index (Phi) is 5.37. The molecule has 130 valence electrons. The monoisotopic (exact) mass is 439 g/mol. The molecule has 0 radical (unpaired) electrons. The van der Waals surface area contributed by atoms with Crippen LogP contribution in [0.25, 0.3) is 0 Å². The van der Waals surface area contributed by atoms with Gasteiger partial charge in [-0.15, -0.1) is 0 Å². The summed E-state index contributed by atoms with van der Waals surface area (Å²) in [5, 5.41) is 10.0. The molecule has 0 aliphatic carbocycles. The molecule has 7 heteroatoms. The number of carbonyl (C=O) groups excluding carboxylic acids is 1. The summed E-state index contributed by atoms with van der Waals surface area (Å²) in [6.07, 6.45) is 0.654.